The van der Waals surface area contributed by atoms with Crippen molar-refractivity contribution in [3.05, 3.63) is 64.7 Å². The van der Waals surface area contributed by atoms with E-state index in [-0.39, 0.29) is 24.9 Å². The number of ether oxygens (including phenoxy) is 2. The molecule has 2 aromatic rings. The van der Waals surface area contributed by atoms with Crippen LogP contribution in [0.4, 0.5) is 0 Å². The normalized spacial score (nSPS) is 15.8. The fourth-order valence-electron chi connectivity index (χ4n) is 3.39. The number of hydrogen-bond acceptors (Lipinski definition) is 4. The van der Waals surface area contributed by atoms with Crippen LogP contribution in [0, 0.1) is 13.8 Å². The molecule has 1 aliphatic heterocycles. The van der Waals surface area contributed by atoms with Crippen molar-refractivity contribution < 1.29 is 19.1 Å². The standard InChI is InChI=1S/C22H25NO4/c1-15-8-9-16(2)20(12-15)27-11-10-21(24)23-14-18-7-5-4-6-17(18)13-19(23)22(25)26-3/h4-9,12,19H,10-11,13-14H2,1-3H3. The van der Waals surface area contributed by atoms with Crippen molar-refractivity contribution in [2.75, 3.05) is 13.7 Å². The van der Waals surface area contributed by atoms with E-state index in [0.29, 0.717) is 13.0 Å². The fraction of sp³-hybridized carbons (Fsp3) is 0.364. The topological polar surface area (TPSA) is 55.8 Å². The summed E-state index contributed by atoms with van der Waals surface area (Å²) >= 11 is 0. The molecule has 1 amide bonds. The van der Waals surface area contributed by atoms with Gasteiger partial charge in [-0.15, -0.1) is 0 Å². The van der Waals surface area contributed by atoms with Crippen LogP contribution in [0.3, 0.4) is 0 Å². The van der Waals surface area contributed by atoms with Gasteiger partial charge in [0.15, 0.2) is 0 Å². The number of aryl methyl sites for hydroxylation is 2. The Morgan fingerprint density at radius 1 is 1.11 bits per heavy atom. The van der Waals surface area contributed by atoms with E-state index in [1.165, 1.54) is 7.11 Å². The van der Waals surface area contributed by atoms with Crippen LogP contribution < -0.4 is 4.74 Å². The number of fused-ring (bicyclic) bond motifs is 1. The fourth-order valence-corrected chi connectivity index (χ4v) is 3.39. The van der Waals surface area contributed by atoms with E-state index in [2.05, 4.69) is 0 Å². The molecule has 0 bridgehead atoms. The molecule has 0 fully saturated rings. The summed E-state index contributed by atoms with van der Waals surface area (Å²) in [7, 11) is 1.36. The summed E-state index contributed by atoms with van der Waals surface area (Å²) in [6, 6.07) is 13.3. The zero-order valence-electron chi connectivity index (χ0n) is 16.0. The van der Waals surface area contributed by atoms with Gasteiger partial charge in [0.05, 0.1) is 20.1 Å². The number of hydrogen-bond donors (Lipinski definition) is 0. The maximum Gasteiger partial charge on any atom is 0.328 e. The number of methoxy groups -OCH3 is 1. The number of amides is 1. The predicted molar refractivity (Wildman–Crippen MR) is 103 cm³/mol. The maximum atomic E-state index is 12.8. The molecule has 0 saturated carbocycles. The van der Waals surface area contributed by atoms with Crippen molar-refractivity contribution in [1.82, 2.24) is 4.90 Å². The highest BCUT2D eigenvalue weighted by Crippen LogP contribution is 2.25. The molecule has 0 saturated heterocycles. The molecule has 0 aliphatic carbocycles. The summed E-state index contributed by atoms with van der Waals surface area (Å²) < 4.78 is 10.7. The summed E-state index contributed by atoms with van der Waals surface area (Å²) in [6.45, 7) is 4.67. The second kappa shape index (κ2) is 8.25. The first kappa shape index (κ1) is 19.0. The van der Waals surface area contributed by atoms with Gasteiger partial charge in [-0.3, -0.25) is 4.79 Å². The Hall–Kier alpha value is -2.82. The molecule has 142 valence electrons. The first-order valence-corrected chi connectivity index (χ1v) is 9.13. The van der Waals surface area contributed by atoms with Gasteiger partial charge >= 0.3 is 5.97 Å². The first-order valence-electron chi connectivity index (χ1n) is 9.13. The molecule has 5 heteroatoms. The Kier molecular flexibility index (Phi) is 5.79. The molecule has 2 aromatic carbocycles. The molecule has 1 heterocycles. The van der Waals surface area contributed by atoms with Crippen molar-refractivity contribution in [1.29, 1.82) is 0 Å². The number of carbonyl (C=O) groups is 2. The van der Waals surface area contributed by atoms with Crippen LogP contribution in [0.2, 0.25) is 0 Å². The van der Waals surface area contributed by atoms with E-state index in [1.54, 1.807) is 4.90 Å². The Balaban J connectivity index is 1.68. The average Bonchev–Trinajstić information content (AvgIpc) is 2.68. The minimum absolute atomic E-state index is 0.106. The molecular weight excluding hydrogens is 342 g/mol. The molecule has 3 rings (SSSR count). The molecule has 5 nitrogen and oxygen atoms in total. The number of benzene rings is 2. The van der Waals surface area contributed by atoms with E-state index in [4.69, 9.17) is 9.47 Å². The minimum Gasteiger partial charge on any atom is -0.493 e. The zero-order chi connectivity index (χ0) is 19.4. The van der Waals surface area contributed by atoms with Crippen LogP contribution in [-0.2, 0) is 27.3 Å². The largest absolute Gasteiger partial charge is 0.493 e. The van der Waals surface area contributed by atoms with Crippen LogP contribution in [0.15, 0.2) is 42.5 Å². The molecule has 0 aromatic heterocycles. The van der Waals surface area contributed by atoms with Gasteiger partial charge in [0, 0.05) is 13.0 Å². The molecule has 1 unspecified atom stereocenters. The second-order valence-corrected chi connectivity index (χ2v) is 6.90. The van der Waals surface area contributed by atoms with Crippen molar-refractivity contribution in [3.63, 3.8) is 0 Å². The second-order valence-electron chi connectivity index (χ2n) is 6.90. The van der Waals surface area contributed by atoms with Gasteiger partial charge in [-0.1, -0.05) is 36.4 Å². The smallest absolute Gasteiger partial charge is 0.328 e. The van der Waals surface area contributed by atoms with Gasteiger partial charge in [-0.05, 0) is 42.2 Å². The van der Waals surface area contributed by atoms with Gasteiger partial charge in [0.1, 0.15) is 11.8 Å². The first-order chi connectivity index (χ1) is 13.0. The van der Waals surface area contributed by atoms with Crippen molar-refractivity contribution >= 4 is 11.9 Å². The molecule has 0 spiro atoms. The Morgan fingerprint density at radius 2 is 1.85 bits per heavy atom. The minimum atomic E-state index is -0.585. The van der Waals surface area contributed by atoms with Crippen molar-refractivity contribution in [2.24, 2.45) is 0 Å². The predicted octanol–water partition coefficient (Wildman–Crippen LogP) is 3.20. The summed E-state index contributed by atoms with van der Waals surface area (Å²) in [5.41, 5.74) is 4.30. The van der Waals surface area contributed by atoms with E-state index >= 15 is 0 Å². The van der Waals surface area contributed by atoms with E-state index in [9.17, 15) is 9.59 Å². The number of carbonyl (C=O) groups excluding carboxylic acids is 2. The van der Waals surface area contributed by atoms with E-state index in [0.717, 1.165) is 28.0 Å². The Labute approximate surface area is 159 Å². The third kappa shape index (κ3) is 4.30. The average molecular weight is 367 g/mol. The molecule has 0 radical (unpaired) electrons. The van der Waals surface area contributed by atoms with Gasteiger partial charge in [-0.25, -0.2) is 4.79 Å². The van der Waals surface area contributed by atoms with Crippen LogP contribution in [0.1, 0.15) is 28.7 Å². The third-order valence-corrected chi connectivity index (χ3v) is 4.96. The van der Waals surface area contributed by atoms with Crippen LogP contribution in [0.25, 0.3) is 0 Å². The van der Waals surface area contributed by atoms with Crippen LogP contribution in [0.5, 0.6) is 5.75 Å². The third-order valence-electron chi connectivity index (χ3n) is 4.96. The quantitative estimate of drug-likeness (QED) is 0.762. The SMILES string of the molecule is COC(=O)C1Cc2ccccc2CN1C(=O)CCOc1cc(C)ccc1C. The molecule has 27 heavy (non-hydrogen) atoms. The highest BCUT2D eigenvalue weighted by molar-refractivity contribution is 5.85. The number of esters is 1. The number of nitrogens with zero attached hydrogens (tertiary/aromatic N) is 1. The molecule has 1 aliphatic rings. The lowest BCUT2D eigenvalue weighted by molar-refractivity contribution is -0.154. The van der Waals surface area contributed by atoms with Gasteiger partial charge in [0.25, 0.3) is 0 Å². The van der Waals surface area contributed by atoms with Gasteiger partial charge in [0.2, 0.25) is 5.91 Å². The lowest BCUT2D eigenvalue weighted by atomic mass is 9.93. The maximum absolute atomic E-state index is 12.8. The van der Waals surface area contributed by atoms with Gasteiger partial charge in [-0.2, -0.15) is 0 Å². The molecular formula is C22H25NO4. The summed E-state index contributed by atoms with van der Waals surface area (Å²) in [5.74, 6) is 0.301. The molecule has 0 N–H and O–H groups in total. The lowest BCUT2D eigenvalue weighted by Gasteiger charge is -2.35. The molecule has 1 atom stereocenters. The van der Waals surface area contributed by atoms with Crippen LogP contribution in [-0.4, -0.2) is 36.5 Å². The monoisotopic (exact) mass is 367 g/mol. The van der Waals surface area contributed by atoms with E-state index in [1.807, 2.05) is 56.3 Å². The van der Waals surface area contributed by atoms with Crippen molar-refractivity contribution in [2.45, 2.75) is 39.3 Å². The summed E-state index contributed by atoms with van der Waals surface area (Å²) in [6.07, 6.45) is 0.690. The number of rotatable bonds is 5. The summed E-state index contributed by atoms with van der Waals surface area (Å²) in [4.78, 5) is 26.7. The Morgan fingerprint density at radius 3 is 2.59 bits per heavy atom. The Bertz CT molecular complexity index is 846. The van der Waals surface area contributed by atoms with Crippen molar-refractivity contribution in [3.8, 4) is 5.75 Å². The lowest BCUT2D eigenvalue weighted by Crippen LogP contribution is -2.49. The summed E-state index contributed by atoms with van der Waals surface area (Å²) in [5, 5.41) is 0. The van der Waals surface area contributed by atoms with Gasteiger partial charge < -0.3 is 14.4 Å². The highest BCUT2D eigenvalue weighted by atomic mass is 16.5. The van der Waals surface area contributed by atoms with Crippen LogP contribution >= 0.6 is 0 Å². The highest BCUT2D eigenvalue weighted by Gasteiger charge is 2.34. The zero-order valence-corrected chi connectivity index (χ0v) is 16.0. The van der Waals surface area contributed by atoms with E-state index < -0.39 is 6.04 Å².